The largest absolute Gasteiger partial charge is 0.483 e. The van der Waals surface area contributed by atoms with Gasteiger partial charge in [0.2, 0.25) is 0 Å². The summed E-state index contributed by atoms with van der Waals surface area (Å²) < 4.78 is 6.87. The fourth-order valence-electron chi connectivity index (χ4n) is 1.48. The summed E-state index contributed by atoms with van der Waals surface area (Å²) in [6.07, 6.45) is 0.596. The third-order valence-corrected chi connectivity index (χ3v) is 3.89. The van der Waals surface area contributed by atoms with E-state index in [0.29, 0.717) is 4.99 Å². The molecule has 1 rings (SSSR count). The summed E-state index contributed by atoms with van der Waals surface area (Å²) in [6, 6.07) is 3.97. The highest BCUT2D eigenvalue weighted by atomic mass is 79.9. The van der Waals surface area contributed by atoms with Crippen LogP contribution in [0.2, 0.25) is 0 Å². The molecule has 1 aromatic carbocycles. The molecule has 0 aliphatic rings. The van der Waals surface area contributed by atoms with Gasteiger partial charge in [0, 0.05) is 4.47 Å². The SMILES string of the molecule is CCC(Oc1cc(C)c(Br)c(C)c1)C(N)=S. The van der Waals surface area contributed by atoms with Crippen LogP contribution in [0.5, 0.6) is 5.75 Å². The van der Waals surface area contributed by atoms with Gasteiger partial charge in [-0.1, -0.05) is 35.1 Å². The lowest BCUT2D eigenvalue weighted by atomic mass is 10.1. The van der Waals surface area contributed by atoms with Crippen LogP contribution >= 0.6 is 28.1 Å². The second-order valence-corrected chi connectivity index (χ2v) is 5.05. The summed E-state index contributed by atoms with van der Waals surface area (Å²) in [4.78, 5) is 0.403. The lowest BCUT2D eigenvalue weighted by molar-refractivity contribution is 0.263. The Balaban J connectivity index is 2.93. The van der Waals surface area contributed by atoms with Crippen LogP contribution in [-0.2, 0) is 0 Å². The molecule has 0 heterocycles. The van der Waals surface area contributed by atoms with Crippen molar-refractivity contribution in [2.75, 3.05) is 0 Å². The van der Waals surface area contributed by atoms with Crippen LogP contribution in [0.15, 0.2) is 16.6 Å². The van der Waals surface area contributed by atoms with E-state index in [1.165, 1.54) is 0 Å². The highest BCUT2D eigenvalue weighted by molar-refractivity contribution is 9.10. The maximum Gasteiger partial charge on any atom is 0.148 e. The van der Waals surface area contributed by atoms with Crippen LogP contribution in [0, 0.1) is 13.8 Å². The normalized spacial score (nSPS) is 12.2. The Labute approximate surface area is 110 Å². The Kier molecular flexibility index (Phi) is 4.74. The maximum absolute atomic E-state index is 5.75. The van der Waals surface area contributed by atoms with Gasteiger partial charge in [-0.15, -0.1) is 0 Å². The van der Waals surface area contributed by atoms with E-state index in [-0.39, 0.29) is 6.10 Å². The minimum Gasteiger partial charge on any atom is -0.483 e. The van der Waals surface area contributed by atoms with Gasteiger partial charge in [-0.05, 0) is 43.5 Å². The van der Waals surface area contributed by atoms with Crippen molar-refractivity contribution in [1.82, 2.24) is 0 Å². The van der Waals surface area contributed by atoms with Crippen LogP contribution in [0.4, 0.5) is 0 Å². The number of rotatable bonds is 4. The summed E-state index contributed by atoms with van der Waals surface area (Å²) in [6.45, 7) is 6.07. The second kappa shape index (κ2) is 5.64. The number of nitrogens with two attached hydrogens (primary N) is 1. The lowest BCUT2D eigenvalue weighted by Crippen LogP contribution is -2.31. The molecule has 2 nitrogen and oxygen atoms in total. The fourth-order valence-corrected chi connectivity index (χ4v) is 1.92. The van der Waals surface area contributed by atoms with E-state index < -0.39 is 0 Å². The van der Waals surface area contributed by atoms with Crippen LogP contribution in [-0.4, -0.2) is 11.1 Å². The molecule has 1 atom stereocenters. The maximum atomic E-state index is 5.75. The van der Waals surface area contributed by atoms with E-state index in [2.05, 4.69) is 15.9 Å². The molecule has 0 amide bonds. The van der Waals surface area contributed by atoms with Crippen LogP contribution in [0.3, 0.4) is 0 Å². The predicted molar refractivity (Wildman–Crippen MR) is 75.1 cm³/mol. The van der Waals surface area contributed by atoms with Crippen molar-refractivity contribution in [2.24, 2.45) is 5.73 Å². The molecule has 1 unspecified atom stereocenters. The third kappa shape index (κ3) is 3.19. The number of benzene rings is 1. The predicted octanol–water partition coefficient (Wildman–Crippen LogP) is 3.51. The molecule has 16 heavy (non-hydrogen) atoms. The molecule has 0 spiro atoms. The number of ether oxygens (including phenoxy) is 1. The van der Waals surface area contributed by atoms with Crippen LogP contribution in [0.25, 0.3) is 0 Å². The number of aryl methyl sites for hydroxylation is 2. The van der Waals surface area contributed by atoms with Crippen molar-refractivity contribution >= 4 is 33.1 Å². The molecule has 0 aliphatic carbocycles. The topological polar surface area (TPSA) is 35.2 Å². The third-order valence-electron chi connectivity index (χ3n) is 2.38. The van der Waals surface area contributed by atoms with Crippen molar-refractivity contribution in [1.29, 1.82) is 0 Å². The summed E-state index contributed by atoms with van der Waals surface area (Å²) >= 11 is 8.47. The Hall–Kier alpha value is -0.610. The molecule has 0 saturated heterocycles. The molecular formula is C12H16BrNOS. The average Bonchev–Trinajstić information content (AvgIpc) is 2.21. The van der Waals surface area contributed by atoms with Gasteiger partial charge >= 0.3 is 0 Å². The van der Waals surface area contributed by atoms with E-state index >= 15 is 0 Å². The van der Waals surface area contributed by atoms with Gasteiger partial charge in [0.25, 0.3) is 0 Å². The highest BCUT2D eigenvalue weighted by Gasteiger charge is 2.12. The molecule has 0 fully saturated rings. The lowest BCUT2D eigenvalue weighted by Gasteiger charge is -2.17. The van der Waals surface area contributed by atoms with Gasteiger partial charge < -0.3 is 10.5 Å². The fraction of sp³-hybridized carbons (Fsp3) is 0.417. The minimum atomic E-state index is -0.185. The zero-order chi connectivity index (χ0) is 12.3. The van der Waals surface area contributed by atoms with Crippen LogP contribution < -0.4 is 10.5 Å². The Morgan fingerprint density at radius 2 is 1.94 bits per heavy atom. The van der Waals surface area contributed by atoms with E-state index in [1.54, 1.807) is 0 Å². The quantitative estimate of drug-likeness (QED) is 0.865. The molecule has 0 aromatic heterocycles. The highest BCUT2D eigenvalue weighted by Crippen LogP contribution is 2.27. The van der Waals surface area contributed by atoms with Crippen LogP contribution in [0.1, 0.15) is 24.5 Å². The van der Waals surface area contributed by atoms with Crippen molar-refractivity contribution < 1.29 is 4.74 Å². The van der Waals surface area contributed by atoms with Gasteiger partial charge in [0.05, 0.1) is 0 Å². The summed E-state index contributed by atoms with van der Waals surface area (Å²) in [5.74, 6) is 0.817. The molecule has 0 bridgehead atoms. The van der Waals surface area contributed by atoms with Gasteiger partial charge in [0.1, 0.15) is 16.8 Å². The van der Waals surface area contributed by atoms with Crippen molar-refractivity contribution in [3.63, 3.8) is 0 Å². The number of thiocarbonyl (C=S) groups is 1. The number of hydrogen-bond donors (Lipinski definition) is 1. The molecule has 1 aromatic rings. The molecule has 0 aliphatic heterocycles. The first kappa shape index (κ1) is 13.5. The average molecular weight is 302 g/mol. The van der Waals surface area contributed by atoms with Gasteiger partial charge in [-0.25, -0.2) is 0 Å². The van der Waals surface area contributed by atoms with E-state index in [1.807, 2.05) is 32.9 Å². The smallest absolute Gasteiger partial charge is 0.148 e. The summed E-state index contributed by atoms with van der Waals surface area (Å²) in [5, 5.41) is 0. The second-order valence-electron chi connectivity index (χ2n) is 3.79. The molecule has 88 valence electrons. The molecule has 0 radical (unpaired) electrons. The molecule has 2 N–H and O–H groups in total. The Bertz CT molecular complexity index is 383. The number of halogens is 1. The Morgan fingerprint density at radius 3 is 2.31 bits per heavy atom. The van der Waals surface area contributed by atoms with Crippen molar-refractivity contribution in [3.05, 3.63) is 27.7 Å². The number of hydrogen-bond acceptors (Lipinski definition) is 2. The van der Waals surface area contributed by atoms with Gasteiger partial charge in [-0.3, -0.25) is 0 Å². The Morgan fingerprint density at radius 1 is 1.44 bits per heavy atom. The van der Waals surface area contributed by atoms with Gasteiger partial charge in [0.15, 0.2) is 0 Å². The first-order chi connectivity index (χ1) is 7.45. The molecular weight excluding hydrogens is 286 g/mol. The first-order valence-electron chi connectivity index (χ1n) is 5.18. The van der Waals surface area contributed by atoms with Crippen molar-refractivity contribution in [3.8, 4) is 5.75 Å². The standard InChI is InChI=1S/C12H16BrNOS/c1-4-10(12(14)16)15-9-5-7(2)11(13)8(3)6-9/h5-6,10H,4H2,1-3H3,(H2,14,16). The van der Waals surface area contributed by atoms with Gasteiger partial charge in [-0.2, -0.15) is 0 Å². The van der Waals surface area contributed by atoms with E-state index in [4.69, 9.17) is 22.7 Å². The zero-order valence-electron chi connectivity index (χ0n) is 9.71. The van der Waals surface area contributed by atoms with E-state index in [0.717, 1.165) is 27.8 Å². The van der Waals surface area contributed by atoms with Crippen molar-refractivity contribution in [2.45, 2.75) is 33.3 Å². The van der Waals surface area contributed by atoms with E-state index in [9.17, 15) is 0 Å². The summed E-state index contributed by atoms with van der Waals surface area (Å²) in [5.41, 5.74) is 7.89. The zero-order valence-corrected chi connectivity index (χ0v) is 12.1. The summed E-state index contributed by atoms with van der Waals surface area (Å²) in [7, 11) is 0. The molecule has 0 saturated carbocycles. The monoisotopic (exact) mass is 301 g/mol. The first-order valence-corrected chi connectivity index (χ1v) is 6.38. The molecule has 4 heteroatoms. The minimum absolute atomic E-state index is 0.185.